The average Bonchev–Trinajstić information content (AvgIpc) is 2.30. The van der Waals surface area contributed by atoms with Gasteiger partial charge in [-0.25, -0.2) is 4.39 Å². The summed E-state index contributed by atoms with van der Waals surface area (Å²) in [6.45, 7) is 2.15. The topological polar surface area (TPSA) is 12.0 Å². The summed E-state index contributed by atoms with van der Waals surface area (Å²) in [5.74, 6) is -0.262. The Morgan fingerprint density at radius 3 is 2.81 bits per heavy atom. The van der Waals surface area contributed by atoms with Gasteiger partial charge >= 0.3 is 0 Å². The number of hydrogen-bond donors (Lipinski definition) is 1. The quantitative estimate of drug-likeness (QED) is 0.802. The molecule has 90 valence electrons. The Morgan fingerprint density at radius 2 is 2.19 bits per heavy atom. The van der Waals surface area contributed by atoms with Crippen molar-refractivity contribution in [3.05, 3.63) is 34.6 Å². The van der Waals surface area contributed by atoms with E-state index < -0.39 is 0 Å². The van der Waals surface area contributed by atoms with Crippen LogP contribution in [0.1, 0.15) is 31.7 Å². The number of halogens is 2. The molecule has 0 aromatic heterocycles. The number of hydrogen-bond acceptors (Lipinski definition) is 1. The van der Waals surface area contributed by atoms with Gasteiger partial charge in [0.05, 0.1) is 5.02 Å². The van der Waals surface area contributed by atoms with Crippen molar-refractivity contribution in [2.45, 2.75) is 38.6 Å². The lowest BCUT2D eigenvalue weighted by Crippen LogP contribution is -2.24. The highest BCUT2D eigenvalue weighted by atomic mass is 35.5. The van der Waals surface area contributed by atoms with E-state index in [2.05, 4.69) is 12.2 Å². The molecule has 0 fully saturated rings. The van der Waals surface area contributed by atoms with Crippen LogP contribution in [0.15, 0.2) is 18.2 Å². The number of benzene rings is 1. The summed E-state index contributed by atoms with van der Waals surface area (Å²) in [7, 11) is 1.97. The highest BCUT2D eigenvalue weighted by Crippen LogP contribution is 2.19. The molecule has 0 saturated heterocycles. The van der Waals surface area contributed by atoms with Gasteiger partial charge in [-0.2, -0.15) is 0 Å². The van der Waals surface area contributed by atoms with Gasteiger partial charge in [-0.05, 0) is 44.4 Å². The third kappa shape index (κ3) is 3.76. The predicted octanol–water partition coefficient (Wildman–Crippen LogP) is 3.80. The molecule has 16 heavy (non-hydrogen) atoms. The first-order valence-electron chi connectivity index (χ1n) is 5.79. The zero-order valence-corrected chi connectivity index (χ0v) is 10.6. The van der Waals surface area contributed by atoms with E-state index in [4.69, 9.17) is 11.6 Å². The third-order valence-corrected chi connectivity index (χ3v) is 3.22. The monoisotopic (exact) mass is 243 g/mol. The van der Waals surface area contributed by atoms with Gasteiger partial charge in [0.2, 0.25) is 0 Å². The summed E-state index contributed by atoms with van der Waals surface area (Å²) in [5.41, 5.74) is 0.721. The van der Waals surface area contributed by atoms with Gasteiger partial charge in [0, 0.05) is 6.04 Å². The first-order valence-corrected chi connectivity index (χ1v) is 6.17. The Hall–Kier alpha value is -0.600. The molecule has 1 N–H and O–H groups in total. The largest absolute Gasteiger partial charge is 0.317 e. The summed E-state index contributed by atoms with van der Waals surface area (Å²) >= 11 is 5.72. The van der Waals surface area contributed by atoms with E-state index in [9.17, 15) is 4.39 Å². The molecule has 0 aliphatic carbocycles. The fourth-order valence-corrected chi connectivity index (χ4v) is 2.03. The Kier molecular flexibility index (Phi) is 5.78. The van der Waals surface area contributed by atoms with Crippen LogP contribution in [0, 0.1) is 5.82 Å². The smallest absolute Gasteiger partial charge is 0.144 e. The standard InChI is InChI=1S/C13H19ClFN/c1-3-11(16-2)8-4-6-10-7-5-9-12(14)13(10)15/h5,7,9,11,16H,3-4,6,8H2,1-2H3. The van der Waals surface area contributed by atoms with Crippen molar-refractivity contribution in [2.75, 3.05) is 7.05 Å². The van der Waals surface area contributed by atoms with Crippen molar-refractivity contribution in [3.63, 3.8) is 0 Å². The molecule has 0 heterocycles. The van der Waals surface area contributed by atoms with Crippen LogP contribution in [0.3, 0.4) is 0 Å². The maximum absolute atomic E-state index is 13.5. The molecule has 0 spiro atoms. The van der Waals surface area contributed by atoms with E-state index in [0.717, 1.165) is 31.2 Å². The molecule has 1 unspecified atom stereocenters. The van der Waals surface area contributed by atoms with Crippen molar-refractivity contribution < 1.29 is 4.39 Å². The van der Waals surface area contributed by atoms with Crippen LogP contribution in [0.4, 0.5) is 4.39 Å². The number of aryl methyl sites for hydroxylation is 1. The molecule has 3 heteroatoms. The zero-order chi connectivity index (χ0) is 12.0. The molecule has 0 bridgehead atoms. The second-order valence-corrected chi connectivity index (χ2v) is 4.41. The number of nitrogens with one attached hydrogen (secondary N) is 1. The van der Waals surface area contributed by atoms with Gasteiger partial charge in [0.1, 0.15) is 5.82 Å². The second-order valence-electron chi connectivity index (χ2n) is 4.00. The molecule has 1 atom stereocenters. The van der Waals surface area contributed by atoms with Gasteiger partial charge < -0.3 is 5.32 Å². The van der Waals surface area contributed by atoms with Crippen LogP contribution >= 0.6 is 11.6 Å². The van der Waals surface area contributed by atoms with Gasteiger partial charge in [-0.3, -0.25) is 0 Å². The van der Waals surface area contributed by atoms with Gasteiger partial charge in [0.25, 0.3) is 0 Å². The minimum Gasteiger partial charge on any atom is -0.317 e. The maximum Gasteiger partial charge on any atom is 0.144 e. The highest BCUT2D eigenvalue weighted by Gasteiger charge is 2.07. The highest BCUT2D eigenvalue weighted by molar-refractivity contribution is 6.30. The minimum absolute atomic E-state index is 0.221. The molecule has 0 saturated carbocycles. The van der Waals surface area contributed by atoms with Crippen LogP contribution in [0.2, 0.25) is 5.02 Å². The zero-order valence-electron chi connectivity index (χ0n) is 9.89. The minimum atomic E-state index is -0.262. The van der Waals surface area contributed by atoms with Crippen LogP contribution in [-0.2, 0) is 6.42 Å². The van der Waals surface area contributed by atoms with Crippen LogP contribution in [-0.4, -0.2) is 13.1 Å². The molecule has 1 aromatic carbocycles. The summed E-state index contributed by atoms with van der Waals surface area (Å²) < 4.78 is 13.5. The van der Waals surface area contributed by atoms with Crippen molar-refractivity contribution in [1.29, 1.82) is 0 Å². The molecule has 1 nitrogen and oxygen atoms in total. The predicted molar refractivity (Wildman–Crippen MR) is 67.5 cm³/mol. The van der Waals surface area contributed by atoms with Gasteiger partial charge in [-0.1, -0.05) is 30.7 Å². The molecule has 1 aromatic rings. The first kappa shape index (κ1) is 13.5. The summed E-state index contributed by atoms with van der Waals surface area (Å²) in [6, 6.07) is 5.72. The van der Waals surface area contributed by atoms with Crippen molar-refractivity contribution >= 4 is 11.6 Å². The Bertz CT molecular complexity index is 324. The van der Waals surface area contributed by atoms with E-state index in [1.807, 2.05) is 13.1 Å². The Labute approximate surface area is 102 Å². The maximum atomic E-state index is 13.5. The van der Waals surface area contributed by atoms with Crippen molar-refractivity contribution in [2.24, 2.45) is 0 Å². The Morgan fingerprint density at radius 1 is 1.44 bits per heavy atom. The lowest BCUT2D eigenvalue weighted by Gasteiger charge is -2.13. The molecule has 0 radical (unpaired) electrons. The van der Waals surface area contributed by atoms with Crippen molar-refractivity contribution in [1.82, 2.24) is 5.32 Å². The third-order valence-electron chi connectivity index (χ3n) is 2.93. The van der Waals surface area contributed by atoms with Crippen LogP contribution in [0.5, 0.6) is 0 Å². The van der Waals surface area contributed by atoms with Crippen LogP contribution < -0.4 is 5.32 Å². The van der Waals surface area contributed by atoms with Gasteiger partial charge in [0.15, 0.2) is 0 Å². The van der Waals surface area contributed by atoms with E-state index >= 15 is 0 Å². The number of rotatable bonds is 6. The SMILES string of the molecule is CCC(CCCc1cccc(Cl)c1F)NC. The van der Waals surface area contributed by atoms with Crippen molar-refractivity contribution in [3.8, 4) is 0 Å². The fourth-order valence-electron chi connectivity index (χ4n) is 1.83. The second kappa shape index (κ2) is 6.87. The first-order chi connectivity index (χ1) is 7.69. The molecular weight excluding hydrogens is 225 g/mol. The normalized spacial score (nSPS) is 12.8. The van der Waals surface area contributed by atoms with Gasteiger partial charge in [-0.15, -0.1) is 0 Å². The summed E-state index contributed by atoms with van der Waals surface area (Å²) in [4.78, 5) is 0. The van der Waals surface area contributed by atoms with E-state index in [-0.39, 0.29) is 10.8 Å². The van der Waals surface area contributed by atoms with E-state index in [1.54, 1.807) is 12.1 Å². The molecular formula is C13H19ClFN. The lowest BCUT2D eigenvalue weighted by atomic mass is 10.0. The summed E-state index contributed by atoms with van der Waals surface area (Å²) in [5, 5.41) is 3.46. The Balaban J connectivity index is 2.46. The van der Waals surface area contributed by atoms with E-state index in [0.29, 0.717) is 6.04 Å². The van der Waals surface area contributed by atoms with E-state index in [1.165, 1.54) is 0 Å². The summed E-state index contributed by atoms with van der Waals surface area (Å²) in [6.07, 6.45) is 3.91. The fraction of sp³-hybridized carbons (Fsp3) is 0.538. The average molecular weight is 244 g/mol. The molecule has 1 rings (SSSR count). The lowest BCUT2D eigenvalue weighted by molar-refractivity contribution is 0.488. The molecule has 0 amide bonds. The van der Waals surface area contributed by atoms with Crippen LogP contribution in [0.25, 0.3) is 0 Å². The molecule has 0 aliphatic rings. The molecule has 0 aliphatic heterocycles.